The highest BCUT2D eigenvalue weighted by molar-refractivity contribution is 5.94. The van der Waals surface area contributed by atoms with E-state index in [2.05, 4.69) is 20.8 Å². The van der Waals surface area contributed by atoms with Crippen LogP contribution in [0.25, 0.3) is 11.4 Å². The first-order valence-electron chi connectivity index (χ1n) is 22.4. The average Bonchev–Trinajstić information content (AvgIpc) is 3.92. The van der Waals surface area contributed by atoms with Gasteiger partial charge in [-0.25, -0.2) is 8.78 Å². The molecule has 2 aromatic heterocycles. The third-order valence-electron chi connectivity index (χ3n) is 11.3. The Morgan fingerprint density at radius 3 is 1.21 bits per heavy atom. The Labute approximate surface area is 412 Å². The third kappa shape index (κ3) is 15.3. The topological polar surface area (TPSA) is 227 Å². The van der Waals surface area contributed by atoms with E-state index in [1.54, 1.807) is 36.4 Å². The summed E-state index contributed by atoms with van der Waals surface area (Å²) in [4.78, 5) is 49.2. The number of para-hydroxylation sites is 2. The van der Waals surface area contributed by atoms with Gasteiger partial charge in [0.15, 0.2) is 11.4 Å². The zero-order valence-corrected chi connectivity index (χ0v) is 40.3. The number of hydrogen-bond acceptors (Lipinski definition) is 10. The van der Waals surface area contributed by atoms with Crippen LogP contribution in [0.4, 0.5) is 8.78 Å². The van der Waals surface area contributed by atoms with Gasteiger partial charge in [0.25, 0.3) is 11.8 Å². The van der Waals surface area contributed by atoms with Gasteiger partial charge in [0.2, 0.25) is 11.8 Å². The van der Waals surface area contributed by atoms with E-state index < -0.39 is 70.5 Å². The quantitative estimate of drug-likeness (QED) is 0.0475. The summed E-state index contributed by atoms with van der Waals surface area (Å²) in [6.07, 6.45) is -2.31. The molecule has 380 valence electrons. The van der Waals surface area contributed by atoms with Gasteiger partial charge in [0.1, 0.15) is 36.2 Å². The lowest BCUT2D eigenvalue weighted by Crippen LogP contribution is -2.32. The van der Waals surface area contributed by atoms with Crippen LogP contribution in [-0.4, -0.2) is 89.2 Å². The predicted molar refractivity (Wildman–Crippen MR) is 263 cm³/mol. The average molecular weight is 983 g/mol. The number of hydrogen-bond donors (Lipinski definition) is 6. The van der Waals surface area contributed by atoms with Gasteiger partial charge in [0, 0.05) is 12.1 Å². The standard InChI is InChI=1S/2C26H30FN3O5.CH4/c2*1-16-9-5-6-10-17(16)19(14-24(32)33)28-25(34)20-13-23(35-15-22(31)26(2,3)4)30(29-20)21-12-8-7-11-18(21)27;/h2*5-13,19,22,31H,14-15H2,1-4H3,(H,28,34)(H,32,33);1H4/t19-,22+;19-,22-;/m00./s1. The monoisotopic (exact) mass is 982 g/mol. The lowest BCUT2D eigenvalue weighted by atomic mass is 9.90. The van der Waals surface area contributed by atoms with Crippen molar-refractivity contribution in [2.24, 2.45) is 10.8 Å². The summed E-state index contributed by atoms with van der Waals surface area (Å²) in [6.45, 7) is 14.6. The summed E-state index contributed by atoms with van der Waals surface area (Å²) in [6, 6.07) is 27.2. The Hall–Kier alpha value is -7.44. The third-order valence-corrected chi connectivity index (χ3v) is 11.3. The Morgan fingerprint density at radius 1 is 0.577 bits per heavy atom. The molecule has 18 heteroatoms. The number of aliphatic hydroxyl groups excluding tert-OH is 2. The van der Waals surface area contributed by atoms with Crippen LogP contribution < -0.4 is 20.1 Å². The van der Waals surface area contributed by atoms with Crippen molar-refractivity contribution in [3.8, 4) is 23.1 Å². The van der Waals surface area contributed by atoms with E-state index in [9.17, 15) is 48.4 Å². The molecule has 0 spiro atoms. The maximum absolute atomic E-state index is 14.5. The number of carboxylic acid groups (broad SMARTS) is 2. The number of rotatable bonds is 18. The Balaban J connectivity index is 0.000000304. The Bertz CT molecular complexity index is 2590. The summed E-state index contributed by atoms with van der Waals surface area (Å²) in [7, 11) is 0. The highest BCUT2D eigenvalue weighted by Gasteiger charge is 2.29. The second-order valence-electron chi connectivity index (χ2n) is 18.8. The predicted octanol–water partition coefficient (Wildman–Crippen LogP) is 8.74. The molecule has 4 aromatic carbocycles. The first kappa shape index (κ1) is 56.2. The van der Waals surface area contributed by atoms with Crippen LogP contribution in [0, 0.1) is 36.3 Å². The van der Waals surface area contributed by atoms with Crippen molar-refractivity contribution in [2.45, 2.75) is 99.9 Å². The van der Waals surface area contributed by atoms with Gasteiger partial charge >= 0.3 is 11.9 Å². The van der Waals surface area contributed by atoms with Gasteiger partial charge in [-0.05, 0) is 71.2 Å². The SMILES string of the molecule is C.Cc1ccccc1[C@H](CC(=O)O)NC(=O)c1cc(OC[C@@H](O)C(C)(C)C)n(-c2ccccc2F)n1.Cc1ccccc1[C@H](CC(=O)O)NC(=O)c1cc(OC[C@H](O)C(C)(C)C)n(-c2ccccc2F)n1. The van der Waals surface area contributed by atoms with Crippen molar-refractivity contribution in [1.82, 2.24) is 30.2 Å². The van der Waals surface area contributed by atoms with Gasteiger partial charge in [-0.1, -0.05) is 122 Å². The van der Waals surface area contributed by atoms with Gasteiger partial charge in [0.05, 0.1) is 37.1 Å². The van der Waals surface area contributed by atoms with Crippen LogP contribution in [0.1, 0.15) is 117 Å². The molecule has 0 aliphatic heterocycles. The molecule has 0 saturated carbocycles. The number of carbonyl (C=O) groups excluding carboxylic acids is 2. The fourth-order valence-electron chi connectivity index (χ4n) is 6.82. The molecule has 0 saturated heterocycles. The number of nitrogens with one attached hydrogen (secondary N) is 2. The largest absolute Gasteiger partial charge is 0.481 e. The van der Waals surface area contributed by atoms with Crippen LogP contribution in [0.15, 0.2) is 109 Å². The summed E-state index contributed by atoms with van der Waals surface area (Å²) in [5.41, 5.74) is 2.03. The molecule has 0 aliphatic carbocycles. The fourth-order valence-corrected chi connectivity index (χ4v) is 6.82. The van der Waals surface area contributed by atoms with Gasteiger partial charge in [-0.2, -0.15) is 19.6 Å². The van der Waals surface area contributed by atoms with E-state index in [0.29, 0.717) is 11.1 Å². The molecular weight excluding hydrogens is 919 g/mol. The van der Waals surface area contributed by atoms with E-state index in [4.69, 9.17) is 9.47 Å². The highest BCUT2D eigenvalue weighted by Crippen LogP contribution is 2.29. The Morgan fingerprint density at radius 2 is 0.901 bits per heavy atom. The lowest BCUT2D eigenvalue weighted by molar-refractivity contribution is -0.138. The molecule has 2 amide bonds. The number of aromatic nitrogens is 4. The minimum Gasteiger partial charge on any atom is -0.481 e. The van der Waals surface area contributed by atoms with Crippen molar-refractivity contribution >= 4 is 23.8 Å². The molecule has 0 fully saturated rings. The minimum atomic E-state index is -1.07. The van der Waals surface area contributed by atoms with Gasteiger partial charge in [-0.15, -0.1) is 0 Å². The molecule has 6 aromatic rings. The maximum atomic E-state index is 14.5. The van der Waals surface area contributed by atoms with Crippen molar-refractivity contribution in [3.05, 3.63) is 154 Å². The zero-order valence-electron chi connectivity index (χ0n) is 40.3. The summed E-state index contributed by atoms with van der Waals surface area (Å²) in [5.74, 6) is -4.46. The van der Waals surface area contributed by atoms with Crippen molar-refractivity contribution in [2.75, 3.05) is 13.2 Å². The number of nitrogens with zero attached hydrogens (tertiary/aromatic N) is 4. The van der Waals surface area contributed by atoms with Crippen LogP contribution in [0.3, 0.4) is 0 Å². The molecule has 6 N–H and O–H groups in total. The van der Waals surface area contributed by atoms with Gasteiger partial charge in [-0.3, -0.25) is 19.2 Å². The number of aliphatic carboxylic acids is 2. The molecule has 71 heavy (non-hydrogen) atoms. The van der Waals surface area contributed by atoms with E-state index in [-0.39, 0.29) is 68.0 Å². The second kappa shape index (κ2) is 24.4. The van der Waals surface area contributed by atoms with Crippen molar-refractivity contribution in [1.29, 1.82) is 0 Å². The second-order valence-corrected chi connectivity index (χ2v) is 18.8. The Kier molecular flexibility index (Phi) is 19.3. The number of aliphatic hydroxyl groups is 2. The van der Waals surface area contributed by atoms with Crippen LogP contribution in [0.2, 0.25) is 0 Å². The number of aryl methyl sites for hydroxylation is 2. The normalized spacial score (nSPS) is 13.0. The number of carbonyl (C=O) groups is 4. The fraction of sp³-hybridized carbons (Fsp3) is 0.358. The van der Waals surface area contributed by atoms with Crippen molar-refractivity contribution < 1.29 is 57.9 Å². The molecule has 2 heterocycles. The molecule has 0 aliphatic rings. The first-order valence-corrected chi connectivity index (χ1v) is 22.4. The summed E-state index contributed by atoms with van der Waals surface area (Å²) < 4.78 is 42.9. The molecule has 6 rings (SSSR count). The van der Waals surface area contributed by atoms with Crippen LogP contribution in [0.5, 0.6) is 11.8 Å². The van der Waals surface area contributed by atoms with Crippen LogP contribution >= 0.6 is 0 Å². The number of amides is 2. The van der Waals surface area contributed by atoms with Gasteiger partial charge < -0.3 is 40.5 Å². The smallest absolute Gasteiger partial charge is 0.305 e. The first-order chi connectivity index (χ1) is 32.9. The number of ether oxygens (including phenoxy) is 2. The minimum absolute atomic E-state index is 0. The van der Waals surface area contributed by atoms with Crippen molar-refractivity contribution in [3.63, 3.8) is 0 Å². The zero-order chi connectivity index (χ0) is 51.5. The number of benzene rings is 4. The molecule has 0 radical (unpaired) electrons. The van der Waals surface area contributed by atoms with E-state index in [1.165, 1.54) is 48.5 Å². The number of carboxylic acids is 2. The molecule has 0 bridgehead atoms. The molecule has 4 atom stereocenters. The molecule has 0 unspecified atom stereocenters. The molecule has 16 nitrogen and oxygen atoms in total. The highest BCUT2D eigenvalue weighted by atomic mass is 19.1. The van der Waals surface area contributed by atoms with Crippen LogP contribution in [-0.2, 0) is 9.59 Å². The van der Waals surface area contributed by atoms with E-state index in [1.807, 2.05) is 79.7 Å². The molecular formula is C53H64F2N6O10. The van der Waals surface area contributed by atoms with E-state index in [0.717, 1.165) is 20.5 Å². The summed E-state index contributed by atoms with van der Waals surface area (Å²) >= 11 is 0. The lowest BCUT2D eigenvalue weighted by Gasteiger charge is -2.25. The summed E-state index contributed by atoms with van der Waals surface area (Å²) in [5, 5.41) is 53.4. The van der Waals surface area contributed by atoms with E-state index >= 15 is 0 Å². The number of halogens is 2. The maximum Gasteiger partial charge on any atom is 0.305 e.